The van der Waals surface area contributed by atoms with Crippen molar-refractivity contribution in [2.45, 2.75) is 19.3 Å². The van der Waals surface area contributed by atoms with Gasteiger partial charge >= 0.3 is 6.03 Å². The van der Waals surface area contributed by atoms with Crippen molar-refractivity contribution in [2.24, 2.45) is 0 Å². The molecule has 6 nitrogen and oxygen atoms in total. The van der Waals surface area contributed by atoms with E-state index in [4.69, 9.17) is 0 Å². The number of anilines is 3. The molecule has 1 fully saturated rings. The maximum absolute atomic E-state index is 12.0. The van der Waals surface area contributed by atoms with Gasteiger partial charge in [0.05, 0.1) is 10.7 Å². The fourth-order valence-electron chi connectivity index (χ4n) is 3.12. The number of carbonyl (C=O) groups excluding carboxylic acids is 1. The first-order valence-corrected chi connectivity index (χ1v) is 9.96. The zero-order valence-corrected chi connectivity index (χ0v) is 15.7. The molecule has 1 aliphatic rings. The van der Waals surface area contributed by atoms with Gasteiger partial charge in [-0.15, -0.1) is 21.5 Å². The largest absolute Gasteiger partial charge is 0.355 e. The Hall–Kier alpha value is -2.93. The van der Waals surface area contributed by atoms with Gasteiger partial charge in [0.25, 0.3) is 0 Å². The first kappa shape index (κ1) is 17.5. The van der Waals surface area contributed by atoms with Crippen molar-refractivity contribution in [3.8, 4) is 11.3 Å². The Morgan fingerprint density at radius 3 is 2.41 bits per heavy atom. The van der Waals surface area contributed by atoms with Gasteiger partial charge in [-0.05, 0) is 61.0 Å². The third kappa shape index (κ3) is 4.43. The van der Waals surface area contributed by atoms with Gasteiger partial charge in [0.2, 0.25) is 0 Å². The van der Waals surface area contributed by atoms with Crippen LogP contribution in [0.4, 0.5) is 21.3 Å². The SMILES string of the molecule is O=C(Nc1ccc(-c2ccc(N3CCCCC3)nn2)cc1)Nc1cccs1. The van der Waals surface area contributed by atoms with E-state index in [1.165, 1.54) is 30.6 Å². The molecule has 7 heteroatoms. The highest BCUT2D eigenvalue weighted by Gasteiger charge is 2.12. The molecule has 1 aromatic carbocycles. The summed E-state index contributed by atoms with van der Waals surface area (Å²) in [4.78, 5) is 14.3. The summed E-state index contributed by atoms with van der Waals surface area (Å²) in [7, 11) is 0. The molecule has 1 saturated heterocycles. The van der Waals surface area contributed by atoms with E-state index < -0.39 is 0 Å². The fourth-order valence-corrected chi connectivity index (χ4v) is 3.73. The summed E-state index contributed by atoms with van der Waals surface area (Å²) in [5.74, 6) is 0.946. The van der Waals surface area contributed by atoms with Crippen LogP contribution in [-0.4, -0.2) is 29.3 Å². The van der Waals surface area contributed by atoms with Gasteiger partial charge in [0.15, 0.2) is 5.82 Å². The number of hydrogen-bond acceptors (Lipinski definition) is 5. The zero-order valence-electron chi connectivity index (χ0n) is 14.9. The molecule has 2 aromatic heterocycles. The number of amides is 2. The van der Waals surface area contributed by atoms with Gasteiger partial charge in [-0.2, -0.15) is 0 Å². The number of aromatic nitrogens is 2. The van der Waals surface area contributed by atoms with Crippen LogP contribution in [-0.2, 0) is 0 Å². The van der Waals surface area contributed by atoms with Crippen LogP contribution < -0.4 is 15.5 Å². The lowest BCUT2D eigenvalue weighted by atomic mass is 10.1. The average molecular weight is 379 g/mol. The second-order valence-corrected chi connectivity index (χ2v) is 7.41. The van der Waals surface area contributed by atoms with Gasteiger partial charge in [0.1, 0.15) is 0 Å². The standard InChI is InChI=1S/C20H21N5OS/c26-20(22-19-5-4-14-27-19)21-16-8-6-15(7-9-16)17-10-11-18(24-23-17)25-12-2-1-3-13-25/h4-11,14H,1-3,12-13H2,(H2,21,22,26). The summed E-state index contributed by atoms with van der Waals surface area (Å²) in [5, 5.41) is 17.1. The van der Waals surface area contributed by atoms with Crippen LogP contribution >= 0.6 is 11.3 Å². The molecule has 2 amide bonds. The molecule has 1 aliphatic heterocycles. The maximum atomic E-state index is 12.0. The third-order valence-electron chi connectivity index (χ3n) is 4.53. The average Bonchev–Trinajstić information content (AvgIpc) is 3.22. The molecule has 2 N–H and O–H groups in total. The monoisotopic (exact) mass is 379 g/mol. The Morgan fingerprint density at radius 2 is 1.74 bits per heavy atom. The minimum absolute atomic E-state index is 0.254. The van der Waals surface area contributed by atoms with Crippen molar-refractivity contribution in [1.29, 1.82) is 0 Å². The van der Waals surface area contributed by atoms with Gasteiger partial charge in [0, 0.05) is 24.3 Å². The summed E-state index contributed by atoms with van der Waals surface area (Å²) in [6, 6.07) is 15.1. The molecule has 0 saturated carbocycles. The predicted molar refractivity (Wildman–Crippen MR) is 110 cm³/mol. The fraction of sp³-hybridized carbons (Fsp3) is 0.250. The van der Waals surface area contributed by atoms with Crippen molar-refractivity contribution >= 4 is 33.9 Å². The van der Waals surface area contributed by atoms with Crippen molar-refractivity contribution in [3.63, 3.8) is 0 Å². The molecule has 0 bridgehead atoms. The van der Waals surface area contributed by atoms with Gasteiger partial charge < -0.3 is 10.2 Å². The lowest BCUT2D eigenvalue weighted by molar-refractivity contribution is 0.262. The molecular weight excluding hydrogens is 358 g/mol. The molecule has 0 unspecified atom stereocenters. The Morgan fingerprint density at radius 1 is 0.926 bits per heavy atom. The second-order valence-electron chi connectivity index (χ2n) is 6.46. The van der Waals surface area contributed by atoms with Crippen molar-refractivity contribution in [1.82, 2.24) is 10.2 Å². The van der Waals surface area contributed by atoms with E-state index in [9.17, 15) is 4.79 Å². The molecule has 3 heterocycles. The van der Waals surface area contributed by atoms with Crippen LogP contribution in [0.1, 0.15) is 19.3 Å². The van der Waals surface area contributed by atoms with Gasteiger partial charge in [-0.1, -0.05) is 12.1 Å². The Balaban J connectivity index is 1.38. The van der Waals surface area contributed by atoms with Crippen LogP contribution in [0, 0.1) is 0 Å². The molecule has 3 aromatic rings. The van der Waals surface area contributed by atoms with Gasteiger partial charge in [-0.25, -0.2) is 4.79 Å². The molecule has 4 rings (SSSR count). The number of nitrogens with one attached hydrogen (secondary N) is 2. The highest BCUT2D eigenvalue weighted by atomic mass is 32.1. The summed E-state index contributed by atoms with van der Waals surface area (Å²) in [5.41, 5.74) is 2.52. The molecule has 0 radical (unpaired) electrons. The van der Waals surface area contributed by atoms with Crippen molar-refractivity contribution in [3.05, 3.63) is 53.9 Å². The topological polar surface area (TPSA) is 70.2 Å². The molecule has 0 aliphatic carbocycles. The number of urea groups is 1. The summed E-state index contributed by atoms with van der Waals surface area (Å²) >= 11 is 1.48. The molecular formula is C20H21N5OS. The van der Waals surface area contributed by atoms with Crippen LogP contribution in [0.15, 0.2) is 53.9 Å². The molecule has 0 atom stereocenters. The van der Waals surface area contributed by atoms with E-state index in [-0.39, 0.29) is 6.03 Å². The van der Waals surface area contributed by atoms with Crippen LogP contribution in [0.2, 0.25) is 0 Å². The van der Waals surface area contributed by atoms with Crippen molar-refractivity contribution < 1.29 is 4.79 Å². The van der Waals surface area contributed by atoms with E-state index in [2.05, 4.69) is 25.7 Å². The van der Waals surface area contributed by atoms with Crippen molar-refractivity contribution in [2.75, 3.05) is 28.6 Å². The minimum Gasteiger partial charge on any atom is -0.355 e. The second kappa shape index (κ2) is 8.18. The van der Waals surface area contributed by atoms with E-state index >= 15 is 0 Å². The number of benzene rings is 1. The lowest BCUT2D eigenvalue weighted by Gasteiger charge is -2.27. The van der Waals surface area contributed by atoms with E-state index in [0.29, 0.717) is 0 Å². The zero-order chi connectivity index (χ0) is 18.5. The summed E-state index contributed by atoms with van der Waals surface area (Å²) in [6.45, 7) is 2.11. The Bertz CT molecular complexity index is 872. The predicted octanol–water partition coefficient (Wildman–Crippen LogP) is 4.84. The molecule has 138 valence electrons. The minimum atomic E-state index is -0.254. The van der Waals surface area contributed by atoms with E-state index in [1.807, 2.05) is 53.9 Å². The maximum Gasteiger partial charge on any atom is 0.324 e. The quantitative estimate of drug-likeness (QED) is 0.680. The number of carbonyl (C=O) groups is 1. The third-order valence-corrected chi connectivity index (χ3v) is 5.31. The first-order chi connectivity index (χ1) is 13.3. The summed E-state index contributed by atoms with van der Waals surface area (Å²) < 4.78 is 0. The molecule has 27 heavy (non-hydrogen) atoms. The first-order valence-electron chi connectivity index (χ1n) is 9.08. The number of thiophene rings is 1. The van der Waals surface area contributed by atoms with Gasteiger partial charge in [-0.3, -0.25) is 5.32 Å². The Labute approximate surface area is 162 Å². The Kier molecular flexibility index (Phi) is 5.29. The van der Waals surface area contributed by atoms with Crippen LogP contribution in [0.25, 0.3) is 11.3 Å². The lowest BCUT2D eigenvalue weighted by Crippen LogP contribution is -2.30. The number of rotatable bonds is 4. The highest BCUT2D eigenvalue weighted by Crippen LogP contribution is 2.22. The number of piperidine rings is 1. The van der Waals surface area contributed by atoms with Crippen LogP contribution in [0.5, 0.6) is 0 Å². The molecule has 0 spiro atoms. The smallest absolute Gasteiger partial charge is 0.324 e. The number of nitrogens with zero attached hydrogens (tertiary/aromatic N) is 3. The summed E-state index contributed by atoms with van der Waals surface area (Å²) in [6.07, 6.45) is 3.74. The van der Waals surface area contributed by atoms with E-state index in [1.54, 1.807) is 0 Å². The normalized spacial score (nSPS) is 14.0. The van der Waals surface area contributed by atoms with E-state index in [0.717, 1.165) is 40.9 Å². The number of hydrogen-bond donors (Lipinski definition) is 2. The van der Waals surface area contributed by atoms with Crippen LogP contribution in [0.3, 0.4) is 0 Å². The highest BCUT2D eigenvalue weighted by molar-refractivity contribution is 7.14.